The van der Waals surface area contributed by atoms with E-state index in [1.807, 2.05) is 61.5 Å². The number of thioether (sulfide) groups is 1. The van der Waals surface area contributed by atoms with E-state index >= 15 is 0 Å². The number of rotatable bonds is 11. The van der Waals surface area contributed by atoms with Crippen LogP contribution in [0.1, 0.15) is 18.9 Å². The van der Waals surface area contributed by atoms with Crippen LogP contribution < -0.4 is 24.3 Å². The Morgan fingerprint density at radius 2 is 1.70 bits per heavy atom. The Morgan fingerprint density at radius 1 is 0.975 bits per heavy atom. The standard InChI is InChI=1S/C30H33N3O6S/c1-5-39-22-13-11-21(12-14-22)31-30-33(17-16-20-10-15-25(37-3)26(18-20)38-4)28(34)19-27(40-30)29(35)32-23-8-6-7-9-24(23)36-2/h6-15,18,27H,5,16-17,19H2,1-4H3,(H,32,35)/t27-/m0/s1. The number of hydrogen-bond donors (Lipinski definition) is 1. The molecule has 1 heterocycles. The summed E-state index contributed by atoms with van der Waals surface area (Å²) in [4.78, 5) is 33.1. The largest absolute Gasteiger partial charge is 0.495 e. The summed E-state index contributed by atoms with van der Waals surface area (Å²) in [6.07, 6.45) is 0.604. The molecule has 1 aliphatic rings. The van der Waals surface area contributed by atoms with Gasteiger partial charge in [-0.15, -0.1) is 0 Å². The number of aliphatic imine (C=N–C) groups is 1. The zero-order chi connectivity index (χ0) is 28.5. The van der Waals surface area contributed by atoms with Crippen LogP contribution in [0.15, 0.2) is 71.7 Å². The van der Waals surface area contributed by atoms with E-state index in [9.17, 15) is 9.59 Å². The third-order valence-electron chi connectivity index (χ3n) is 6.24. The molecule has 0 radical (unpaired) electrons. The van der Waals surface area contributed by atoms with Crippen LogP contribution in [0, 0.1) is 0 Å². The summed E-state index contributed by atoms with van der Waals surface area (Å²) in [6.45, 7) is 2.87. The Hall–Kier alpha value is -4.18. The molecule has 3 aromatic carbocycles. The number of carbonyl (C=O) groups excluding carboxylic acids is 2. The Balaban J connectivity index is 1.57. The van der Waals surface area contributed by atoms with Crippen molar-refractivity contribution in [1.29, 1.82) is 0 Å². The van der Waals surface area contributed by atoms with Gasteiger partial charge in [-0.25, -0.2) is 4.99 Å². The molecule has 210 valence electrons. The van der Waals surface area contributed by atoms with Crippen molar-refractivity contribution in [2.24, 2.45) is 4.99 Å². The van der Waals surface area contributed by atoms with Gasteiger partial charge in [0.1, 0.15) is 16.7 Å². The van der Waals surface area contributed by atoms with E-state index in [4.69, 9.17) is 23.9 Å². The van der Waals surface area contributed by atoms with Gasteiger partial charge in [0.25, 0.3) is 0 Å². The maximum atomic E-state index is 13.4. The van der Waals surface area contributed by atoms with E-state index in [0.29, 0.717) is 53.4 Å². The van der Waals surface area contributed by atoms with Crippen LogP contribution >= 0.6 is 11.8 Å². The van der Waals surface area contributed by atoms with Crippen molar-refractivity contribution in [3.05, 3.63) is 72.3 Å². The molecule has 1 fully saturated rings. The van der Waals surface area contributed by atoms with Crippen molar-refractivity contribution < 1.29 is 28.5 Å². The number of amides is 2. The lowest BCUT2D eigenvalue weighted by molar-refractivity contribution is -0.129. The monoisotopic (exact) mass is 563 g/mol. The van der Waals surface area contributed by atoms with E-state index in [1.165, 1.54) is 11.8 Å². The molecule has 1 N–H and O–H groups in total. The van der Waals surface area contributed by atoms with Crippen molar-refractivity contribution in [1.82, 2.24) is 4.90 Å². The first kappa shape index (κ1) is 28.8. The van der Waals surface area contributed by atoms with Crippen molar-refractivity contribution in [2.45, 2.75) is 25.0 Å². The average Bonchev–Trinajstić information content (AvgIpc) is 2.97. The fourth-order valence-electron chi connectivity index (χ4n) is 4.19. The maximum absolute atomic E-state index is 13.4. The second-order valence-electron chi connectivity index (χ2n) is 8.81. The molecule has 40 heavy (non-hydrogen) atoms. The first-order valence-electron chi connectivity index (χ1n) is 12.9. The minimum absolute atomic E-state index is 0.0415. The Kier molecular flexibility index (Phi) is 9.91. The molecule has 0 aliphatic carbocycles. The van der Waals surface area contributed by atoms with Gasteiger partial charge in [-0.1, -0.05) is 30.0 Å². The summed E-state index contributed by atoms with van der Waals surface area (Å²) in [5, 5.41) is 2.70. The van der Waals surface area contributed by atoms with E-state index in [-0.39, 0.29) is 18.2 Å². The minimum Gasteiger partial charge on any atom is -0.495 e. The van der Waals surface area contributed by atoms with Gasteiger partial charge in [0.15, 0.2) is 16.7 Å². The van der Waals surface area contributed by atoms with Crippen molar-refractivity contribution in [2.75, 3.05) is 39.8 Å². The molecule has 0 bridgehead atoms. The highest BCUT2D eigenvalue weighted by Gasteiger charge is 2.36. The third kappa shape index (κ3) is 7.06. The molecule has 1 saturated heterocycles. The zero-order valence-corrected chi connectivity index (χ0v) is 23.8. The van der Waals surface area contributed by atoms with Gasteiger partial charge >= 0.3 is 0 Å². The zero-order valence-electron chi connectivity index (χ0n) is 23.0. The molecule has 0 saturated carbocycles. The summed E-state index contributed by atoms with van der Waals surface area (Å²) in [7, 11) is 4.72. The number of ether oxygens (including phenoxy) is 4. The summed E-state index contributed by atoms with van der Waals surface area (Å²) in [5.74, 6) is 2.07. The lowest BCUT2D eigenvalue weighted by Gasteiger charge is -2.32. The van der Waals surface area contributed by atoms with Crippen LogP contribution in [-0.4, -0.2) is 61.6 Å². The highest BCUT2D eigenvalue weighted by Crippen LogP contribution is 2.33. The number of nitrogens with one attached hydrogen (secondary N) is 1. The first-order chi connectivity index (χ1) is 19.4. The topological polar surface area (TPSA) is 98.7 Å². The second-order valence-corrected chi connectivity index (χ2v) is 9.98. The van der Waals surface area contributed by atoms with Crippen LogP contribution in [0.2, 0.25) is 0 Å². The fourth-order valence-corrected chi connectivity index (χ4v) is 5.32. The van der Waals surface area contributed by atoms with Crippen LogP contribution in [0.3, 0.4) is 0 Å². The van der Waals surface area contributed by atoms with Crippen molar-refractivity contribution in [3.8, 4) is 23.0 Å². The molecule has 4 rings (SSSR count). The number of carbonyl (C=O) groups is 2. The van der Waals surface area contributed by atoms with E-state index < -0.39 is 5.25 Å². The van der Waals surface area contributed by atoms with Crippen LogP contribution in [0.25, 0.3) is 0 Å². The Morgan fingerprint density at radius 3 is 2.40 bits per heavy atom. The normalized spacial score (nSPS) is 16.0. The molecular formula is C30H33N3O6S. The molecule has 1 aliphatic heterocycles. The highest BCUT2D eigenvalue weighted by molar-refractivity contribution is 8.15. The van der Waals surface area contributed by atoms with Crippen LogP contribution in [-0.2, 0) is 16.0 Å². The van der Waals surface area contributed by atoms with Gasteiger partial charge in [-0.3, -0.25) is 14.5 Å². The molecule has 0 spiro atoms. The number of benzene rings is 3. The lowest BCUT2D eigenvalue weighted by Crippen LogP contribution is -2.46. The Labute approximate surface area is 238 Å². The SMILES string of the molecule is CCOc1ccc(N=C2S[C@H](C(=O)Nc3ccccc3OC)CC(=O)N2CCc2ccc(OC)c(OC)c2)cc1. The molecule has 3 aromatic rings. The predicted octanol–water partition coefficient (Wildman–Crippen LogP) is 5.31. The summed E-state index contributed by atoms with van der Waals surface area (Å²) >= 11 is 1.27. The number of anilines is 1. The van der Waals surface area contributed by atoms with Gasteiger partial charge in [-0.2, -0.15) is 0 Å². The molecule has 2 amide bonds. The van der Waals surface area contributed by atoms with Gasteiger partial charge < -0.3 is 24.3 Å². The van der Waals surface area contributed by atoms with E-state index in [2.05, 4.69) is 5.32 Å². The second kappa shape index (κ2) is 13.7. The van der Waals surface area contributed by atoms with E-state index in [0.717, 1.165) is 11.3 Å². The van der Waals surface area contributed by atoms with Crippen molar-refractivity contribution in [3.63, 3.8) is 0 Å². The van der Waals surface area contributed by atoms with E-state index in [1.54, 1.807) is 38.4 Å². The maximum Gasteiger partial charge on any atom is 0.238 e. The number of methoxy groups -OCH3 is 3. The Bertz CT molecular complexity index is 1360. The molecule has 1 atom stereocenters. The van der Waals surface area contributed by atoms with Crippen LogP contribution in [0.5, 0.6) is 23.0 Å². The fraction of sp³-hybridized carbons (Fsp3) is 0.300. The predicted molar refractivity (Wildman–Crippen MR) is 157 cm³/mol. The minimum atomic E-state index is -0.656. The quantitative estimate of drug-likeness (QED) is 0.337. The number of para-hydroxylation sites is 2. The van der Waals surface area contributed by atoms with Crippen molar-refractivity contribution >= 4 is 40.1 Å². The number of hydrogen-bond acceptors (Lipinski definition) is 8. The first-order valence-corrected chi connectivity index (χ1v) is 13.8. The smallest absolute Gasteiger partial charge is 0.238 e. The molecule has 0 aromatic heterocycles. The third-order valence-corrected chi connectivity index (χ3v) is 7.43. The summed E-state index contributed by atoms with van der Waals surface area (Å²) in [6, 6.07) is 20.2. The van der Waals surface area contributed by atoms with Gasteiger partial charge in [-0.05, 0) is 67.4 Å². The summed E-state index contributed by atoms with van der Waals surface area (Å²) in [5.41, 5.74) is 2.18. The highest BCUT2D eigenvalue weighted by atomic mass is 32.2. The molecular weight excluding hydrogens is 530 g/mol. The molecule has 10 heteroatoms. The molecule has 0 unspecified atom stereocenters. The number of nitrogens with zero attached hydrogens (tertiary/aromatic N) is 2. The average molecular weight is 564 g/mol. The summed E-state index contributed by atoms with van der Waals surface area (Å²) < 4.78 is 21.7. The van der Waals surface area contributed by atoms with Crippen LogP contribution in [0.4, 0.5) is 11.4 Å². The van der Waals surface area contributed by atoms with Gasteiger partial charge in [0, 0.05) is 13.0 Å². The number of amidine groups is 1. The van der Waals surface area contributed by atoms with Gasteiger partial charge in [0.2, 0.25) is 11.8 Å². The lowest BCUT2D eigenvalue weighted by atomic mass is 10.1. The van der Waals surface area contributed by atoms with Gasteiger partial charge in [0.05, 0.1) is 39.3 Å². The molecule has 9 nitrogen and oxygen atoms in total.